The third-order valence-corrected chi connectivity index (χ3v) is 7.61. The molecule has 3 fully saturated rings. The van der Waals surface area contributed by atoms with Gasteiger partial charge in [0.15, 0.2) is 0 Å². The summed E-state index contributed by atoms with van der Waals surface area (Å²) < 4.78 is 81.6. The highest BCUT2D eigenvalue weighted by atomic mass is 19.4. The van der Waals surface area contributed by atoms with E-state index in [9.17, 15) is 26.3 Å². The minimum Gasteiger partial charge on any atom is -0.309 e. The zero-order valence-electron chi connectivity index (χ0n) is 19.2. The van der Waals surface area contributed by atoms with Crippen LogP contribution in [0, 0.1) is 0 Å². The SMILES string of the molecule is FC(F)(F)c1cc(C2NCCC(N3CCN(C4CC4)CC3)C2c2ccccc2)cc(C(F)(F)F)c1. The van der Waals surface area contributed by atoms with Gasteiger partial charge in [-0.2, -0.15) is 26.3 Å². The Kier molecular flexibility index (Phi) is 6.61. The van der Waals surface area contributed by atoms with Gasteiger partial charge in [-0.05, 0) is 55.1 Å². The molecular formula is C26H29F6N3. The van der Waals surface area contributed by atoms with Crippen LogP contribution in [0.1, 0.15) is 53.5 Å². The molecule has 3 aliphatic rings. The second-order valence-electron chi connectivity index (χ2n) is 9.87. The number of piperidine rings is 1. The number of nitrogens with one attached hydrogen (secondary N) is 1. The van der Waals surface area contributed by atoms with Crippen molar-refractivity contribution >= 4 is 0 Å². The number of benzene rings is 2. The molecule has 3 unspecified atom stereocenters. The lowest BCUT2D eigenvalue weighted by Gasteiger charge is -2.48. The number of halogens is 6. The van der Waals surface area contributed by atoms with Gasteiger partial charge in [-0.25, -0.2) is 0 Å². The predicted octanol–water partition coefficient (Wildman–Crippen LogP) is 5.69. The molecule has 9 heteroatoms. The zero-order chi connectivity index (χ0) is 24.8. The fourth-order valence-corrected chi connectivity index (χ4v) is 5.77. The molecule has 0 aromatic heterocycles. The van der Waals surface area contributed by atoms with Gasteiger partial charge >= 0.3 is 12.4 Å². The summed E-state index contributed by atoms with van der Waals surface area (Å²) in [6, 6.07) is 11.5. The number of hydrogen-bond donors (Lipinski definition) is 1. The van der Waals surface area contributed by atoms with Gasteiger partial charge in [0.1, 0.15) is 0 Å². The summed E-state index contributed by atoms with van der Waals surface area (Å²) in [5, 5.41) is 3.28. The minimum absolute atomic E-state index is 0.0221. The lowest BCUT2D eigenvalue weighted by atomic mass is 9.76. The molecule has 0 spiro atoms. The molecule has 35 heavy (non-hydrogen) atoms. The number of alkyl halides is 6. The molecule has 3 nitrogen and oxygen atoms in total. The Bertz CT molecular complexity index is 978. The predicted molar refractivity (Wildman–Crippen MR) is 121 cm³/mol. The molecule has 1 saturated carbocycles. The van der Waals surface area contributed by atoms with Crippen LogP contribution in [0.2, 0.25) is 0 Å². The fourth-order valence-electron chi connectivity index (χ4n) is 5.77. The van der Waals surface area contributed by atoms with Gasteiger partial charge in [0, 0.05) is 50.2 Å². The summed E-state index contributed by atoms with van der Waals surface area (Å²) >= 11 is 0. The Morgan fingerprint density at radius 2 is 1.26 bits per heavy atom. The molecule has 1 N–H and O–H groups in total. The van der Waals surface area contributed by atoms with Crippen molar-refractivity contribution in [3.8, 4) is 0 Å². The van der Waals surface area contributed by atoms with Crippen molar-refractivity contribution in [1.29, 1.82) is 0 Å². The van der Waals surface area contributed by atoms with Gasteiger partial charge in [-0.3, -0.25) is 9.80 Å². The van der Waals surface area contributed by atoms with E-state index in [0.29, 0.717) is 12.6 Å². The smallest absolute Gasteiger partial charge is 0.309 e. The number of piperazine rings is 1. The highest BCUT2D eigenvalue weighted by molar-refractivity contribution is 5.38. The molecule has 2 saturated heterocycles. The van der Waals surface area contributed by atoms with Crippen molar-refractivity contribution in [3.63, 3.8) is 0 Å². The monoisotopic (exact) mass is 497 g/mol. The molecule has 5 rings (SSSR count). The van der Waals surface area contributed by atoms with E-state index in [1.807, 2.05) is 30.3 Å². The molecule has 1 aliphatic carbocycles. The normalized spacial score (nSPS) is 27.2. The summed E-state index contributed by atoms with van der Waals surface area (Å²) in [5.41, 5.74) is -1.58. The standard InChI is InChI=1S/C26H29F6N3/c27-25(28,29)19-14-18(15-20(16-19)26(30,31)32)24-23(17-4-2-1-3-5-17)22(8-9-33-24)35-12-10-34(11-13-35)21-6-7-21/h1-5,14-16,21-24,33H,6-13H2. The van der Waals surface area contributed by atoms with Crippen LogP contribution < -0.4 is 5.32 Å². The summed E-state index contributed by atoms with van der Waals surface area (Å²) in [6.45, 7) is 4.13. The molecule has 3 atom stereocenters. The van der Waals surface area contributed by atoms with Crippen LogP contribution in [-0.4, -0.2) is 54.6 Å². The molecule has 190 valence electrons. The number of nitrogens with zero attached hydrogens (tertiary/aromatic N) is 2. The second-order valence-corrected chi connectivity index (χ2v) is 9.87. The maximum absolute atomic E-state index is 13.6. The van der Waals surface area contributed by atoms with Crippen molar-refractivity contribution in [2.24, 2.45) is 0 Å². The molecule has 0 amide bonds. The number of rotatable bonds is 4. The molecule has 0 bridgehead atoms. The molecule has 0 radical (unpaired) electrons. The quantitative estimate of drug-likeness (QED) is 0.548. The van der Waals surface area contributed by atoms with Crippen molar-refractivity contribution in [3.05, 3.63) is 70.8 Å². The maximum atomic E-state index is 13.6. The van der Waals surface area contributed by atoms with Gasteiger partial charge in [0.2, 0.25) is 0 Å². The van der Waals surface area contributed by atoms with E-state index in [0.717, 1.165) is 50.3 Å². The first-order chi connectivity index (χ1) is 16.6. The largest absolute Gasteiger partial charge is 0.416 e. The van der Waals surface area contributed by atoms with Crippen molar-refractivity contribution in [1.82, 2.24) is 15.1 Å². The van der Waals surface area contributed by atoms with Crippen LogP contribution in [0.25, 0.3) is 0 Å². The van der Waals surface area contributed by atoms with E-state index in [1.54, 1.807) is 0 Å². The Morgan fingerprint density at radius 3 is 1.80 bits per heavy atom. The molecular weight excluding hydrogens is 468 g/mol. The Hall–Kier alpha value is -2.10. The molecule has 2 aromatic rings. The van der Waals surface area contributed by atoms with Gasteiger partial charge in [-0.1, -0.05) is 30.3 Å². The Balaban J connectivity index is 1.52. The van der Waals surface area contributed by atoms with Gasteiger partial charge in [-0.15, -0.1) is 0 Å². The van der Waals surface area contributed by atoms with Crippen LogP contribution in [0.3, 0.4) is 0 Å². The first-order valence-corrected chi connectivity index (χ1v) is 12.2. The molecule has 2 aliphatic heterocycles. The van der Waals surface area contributed by atoms with E-state index in [1.165, 1.54) is 12.8 Å². The highest BCUT2D eigenvalue weighted by Crippen LogP contribution is 2.44. The van der Waals surface area contributed by atoms with Crippen molar-refractivity contribution in [2.45, 2.75) is 55.7 Å². The summed E-state index contributed by atoms with van der Waals surface area (Å²) in [6.07, 6.45) is -6.49. The van der Waals surface area contributed by atoms with Gasteiger partial charge in [0.25, 0.3) is 0 Å². The van der Waals surface area contributed by atoms with E-state index in [-0.39, 0.29) is 23.6 Å². The Morgan fingerprint density at radius 1 is 0.686 bits per heavy atom. The maximum Gasteiger partial charge on any atom is 0.416 e. The average molecular weight is 498 g/mol. The van der Waals surface area contributed by atoms with Gasteiger partial charge in [0.05, 0.1) is 11.1 Å². The zero-order valence-corrected chi connectivity index (χ0v) is 19.2. The fraction of sp³-hybridized carbons (Fsp3) is 0.538. The lowest BCUT2D eigenvalue weighted by Crippen LogP contribution is -2.56. The first-order valence-electron chi connectivity index (χ1n) is 12.2. The molecule has 2 aromatic carbocycles. The van der Waals surface area contributed by atoms with Crippen LogP contribution in [0.5, 0.6) is 0 Å². The van der Waals surface area contributed by atoms with Crippen LogP contribution in [0.15, 0.2) is 48.5 Å². The minimum atomic E-state index is -4.87. The number of hydrogen-bond acceptors (Lipinski definition) is 3. The van der Waals surface area contributed by atoms with Gasteiger partial charge < -0.3 is 5.32 Å². The summed E-state index contributed by atoms with van der Waals surface area (Å²) in [5.74, 6) is -0.276. The Labute approximate surface area is 201 Å². The summed E-state index contributed by atoms with van der Waals surface area (Å²) in [7, 11) is 0. The van der Waals surface area contributed by atoms with Crippen molar-refractivity contribution < 1.29 is 26.3 Å². The van der Waals surface area contributed by atoms with Crippen LogP contribution in [0.4, 0.5) is 26.3 Å². The average Bonchev–Trinajstić information content (AvgIpc) is 3.68. The van der Waals surface area contributed by atoms with Crippen LogP contribution >= 0.6 is 0 Å². The first kappa shape index (κ1) is 24.6. The van der Waals surface area contributed by atoms with E-state index in [2.05, 4.69) is 15.1 Å². The van der Waals surface area contributed by atoms with E-state index >= 15 is 0 Å². The van der Waals surface area contributed by atoms with Crippen molar-refractivity contribution in [2.75, 3.05) is 32.7 Å². The summed E-state index contributed by atoms with van der Waals surface area (Å²) in [4.78, 5) is 4.89. The molecule has 2 heterocycles. The van der Waals surface area contributed by atoms with E-state index in [4.69, 9.17) is 0 Å². The second kappa shape index (κ2) is 9.41. The topological polar surface area (TPSA) is 18.5 Å². The van der Waals surface area contributed by atoms with Crippen LogP contribution in [-0.2, 0) is 12.4 Å². The highest BCUT2D eigenvalue weighted by Gasteiger charge is 2.43. The third-order valence-electron chi connectivity index (χ3n) is 7.61. The lowest BCUT2D eigenvalue weighted by molar-refractivity contribution is -0.143. The third kappa shape index (κ3) is 5.37. The van der Waals surface area contributed by atoms with E-state index < -0.39 is 29.5 Å².